The van der Waals surface area contributed by atoms with Crippen LogP contribution < -0.4 is 10.6 Å². The number of amides is 2. The Balaban J connectivity index is 1.45. The number of ether oxygens (including phenoxy) is 1. The van der Waals surface area contributed by atoms with Gasteiger partial charge in [-0.1, -0.05) is 48.5 Å². The second-order valence-electron chi connectivity index (χ2n) is 7.91. The summed E-state index contributed by atoms with van der Waals surface area (Å²) in [5, 5.41) is 23.0. The average molecular weight is 473 g/mol. The zero-order valence-corrected chi connectivity index (χ0v) is 18.3. The van der Waals surface area contributed by atoms with Gasteiger partial charge in [0.05, 0.1) is 17.7 Å². The van der Waals surface area contributed by atoms with E-state index in [4.69, 9.17) is 10.00 Å². The lowest BCUT2D eigenvalue weighted by atomic mass is 9.98. The maximum atomic E-state index is 13.4. The van der Waals surface area contributed by atoms with Gasteiger partial charge < -0.3 is 20.5 Å². The van der Waals surface area contributed by atoms with Crippen LogP contribution in [0.15, 0.2) is 66.7 Å². The first kappa shape index (κ1) is 23.4. The second-order valence-corrected chi connectivity index (χ2v) is 7.91. The van der Waals surface area contributed by atoms with Crippen molar-refractivity contribution in [3.05, 3.63) is 89.2 Å². The van der Waals surface area contributed by atoms with Crippen molar-refractivity contribution >= 4 is 23.7 Å². The number of halogens is 1. The Hall–Kier alpha value is -4.71. The zero-order chi connectivity index (χ0) is 24.9. The minimum atomic E-state index is -1.49. The topological polar surface area (TPSA) is 129 Å². The smallest absolute Gasteiger partial charge is 0.407 e. The molecule has 0 radical (unpaired) electrons. The number of carbonyl (C=O) groups excluding carboxylic acids is 2. The normalized spacial score (nSPS) is 12.6. The minimum Gasteiger partial charge on any atom is -0.481 e. The molecule has 0 saturated heterocycles. The summed E-state index contributed by atoms with van der Waals surface area (Å²) in [4.78, 5) is 36.5. The van der Waals surface area contributed by atoms with Crippen molar-refractivity contribution in [1.29, 1.82) is 5.26 Å². The van der Waals surface area contributed by atoms with E-state index < -0.39 is 36.2 Å². The van der Waals surface area contributed by atoms with Gasteiger partial charge in [-0.3, -0.25) is 9.59 Å². The fraction of sp³-hybridized carbons (Fsp3) is 0.154. The first-order chi connectivity index (χ1) is 16.9. The number of rotatable bonds is 7. The van der Waals surface area contributed by atoms with Gasteiger partial charge in [0, 0.05) is 5.92 Å². The summed E-state index contributed by atoms with van der Waals surface area (Å²) in [7, 11) is 0. The van der Waals surface area contributed by atoms with Gasteiger partial charge in [0.15, 0.2) is 0 Å². The molecule has 2 amide bonds. The highest BCUT2D eigenvalue weighted by Gasteiger charge is 2.30. The van der Waals surface area contributed by atoms with Crippen LogP contribution in [0.5, 0.6) is 0 Å². The Bertz CT molecular complexity index is 1310. The fourth-order valence-corrected chi connectivity index (χ4v) is 4.10. The number of carboxylic acid groups (broad SMARTS) is 1. The van der Waals surface area contributed by atoms with E-state index in [2.05, 4.69) is 10.6 Å². The minimum absolute atomic E-state index is 0.0105. The lowest BCUT2D eigenvalue weighted by molar-refractivity contribution is -0.139. The number of carbonyl (C=O) groups is 3. The molecule has 176 valence electrons. The second kappa shape index (κ2) is 10.1. The molecule has 1 aliphatic carbocycles. The summed E-state index contributed by atoms with van der Waals surface area (Å²) in [5.74, 6) is -3.09. The van der Waals surface area contributed by atoms with Crippen LogP contribution >= 0.6 is 0 Å². The number of hydrogen-bond acceptors (Lipinski definition) is 5. The number of nitrogens with zero attached hydrogens (tertiary/aromatic N) is 1. The third-order valence-corrected chi connectivity index (χ3v) is 5.69. The molecular weight excluding hydrogens is 453 g/mol. The average Bonchev–Trinajstić information content (AvgIpc) is 3.16. The molecule has 0 spiro atoms. The van der Waals surface area contributed by atoms with Crippen molar-refractivity contribution in [3.8, 4) is 17.2 Å². The molecule has 0 bridgehead atoms. The highest BCUT2D eigenvalue weighted by Crippen LogP contribution is 2.44. The zero-order valence-electron chi connectivity index (χ0n) is 18.3. The molecule has 1 atom stereocenters. The quantitative estimate of drug-likeness (QED) is 0.476. The van der Waals surface area contributed by atoms with Crippen molar-refractivity contribution in [2.45, 2.75) is 18.4 Å². The van der Waals surface area contributed by atoms with Gasteiger partial charge in [-0.2, -0.15) is 5.26 Å². The molecule has 0 aliphatic heterocycles. The lowest BCUT2D eigenvalue weighted by Gasteiger charge is -2.19. The number of anilines is 1. The first-order valence-electron chi connectivity index (χ1n) is 10.7. The van der Waals surface area contributed by atoms with Crippen molar-refractivity contribution in [2.24, 2.45) is 0 Å². The monoisotopic (exact) mass is 473 g/mol. The van der Waals surface area contributed by atoms with E-state index >= 15 is 0 Å². The van der Waals surface area contributed by atoms with E-state index in [1.54, 1.807) is 6.07 Å². The molecule has 8 nitrogen and oxygen atoms in total. The Labute approximate surface area is 200 Å². The van der Waals surface area contributed by atoms with Crippen LogP contribution in [0.1, 0.15) is 29.0 Å². The van der Waals surface area contributed by atoms with Gasteiger partial charge >= 0.3 is 12.1 Å². The molecule has 0 fully saturated rings. The van der Waals surface area contributed by atoms with E-state index in [0.29, 0.717) is 0 Å². The third kappa shape index (κ3) is 5.12. The van der Waals surface area contributed by atoms with E-state index in [1.165, 1.54) is 6.07 Å². The molecule has 0 saturated carbocycles. The summed E-state index contributed by atoms with van der Waals surface area (Å²) in [6.07, 6.45) is -1.69. The Kier molecular flexibility index (Phi) is 6.73. The van der Waals surface area contributed by atoms with Gasteiger partial charge in [0.1, 0.15) is 24.5 Å². The Morgan fingerprint density at radius 1 is 1.03 bits per heavy atom. The predicted octanol–water partition coefficient (Wildman–Crippen LogP) is 4.02. The maximum Gasteiger partial charge on any atom is 0.407 e. The number of hydrogen-bond donors (Lipinski definition) is 3. The molecule has 1 unspecified atom stereocenters. The van der Waals surface area contributed by atoms with Gasteiger partial charge in [-0.15, -0.1) is 0 Å². The van der Waals surface area contributed by atoms with Crippen molar-refractivity contribution in [1.82, 2.24) is 5.32 Å². The molecule has 4 rings (SSSR count). The van der Waals surface area contributed by atoms with Crippen LogP contribution in [-0.4, -0.2) is 35.7 Å². The molecule has 9 heteroatoms. The van der Waals surface area contributed by atoms with E-state index in [9.17, 15) is 23.9 Å². The van der Waals surface area contributed by atoms with Crippen LogP contribution in [-0.2, 0) is 14.3 Å². The number of nitrogens with one attached hydrogen (secondary N) is 2. The van der Waals surface area contributed by atoms with Crippen LogP contribution in [0.3, 0.4) is 0 Å². The van der Waals surface area contributed by atoms with Crippen LogP contribution in [0.25, 0.3) is 11.1 Å². The van der Waals surface area contributed by atoms with Crippen molar-refractivity contribution in [3.63, 3.8) is 0 Å². The van der Waals surface area contributed by atoms with E-state index in [1.807, 2.05) is 48.5 Å². The summed E-state index contributed by atoms with van der Waals surface area (Å²) in [6.45, 7) is -0.0161. The SMILES string of the molecule is N#Cc1cc(F)ccc1NC(=O)C(CC(=O)O)NC(=O)OCC1c2ccccc2-c2ccccc21. The predicted molar refractivity (Wildman–Crippen MR) is 124 cm³/mol. The Morgan fingerprint density at radius 2 is 1.66 bits per heavy atom. The molecule has 3 N–H and O–H groups in total. The van der Waals surface area contributed by atoms with Crippen molar-refractivity contribution < 1.29 is 28.6 Å². The fourth-order valence-electron chi connectivity index (χ4n) is 4.10. The highest BCUT2D eigenvalue weighted by molar-refractivity contribution is 5.99. The Morgan fingerprint density at radius 3 is 2.26 bits per heavy atom. The highest BCUT2D eigenvalue weighted by atomic mass is 19.1. The number of alkyl carbamates (subject to hydrolysis) is 1. The van der Waals surface area contributed by atoms with Gasteiger partial charge in [-0.25, -0.2) is 9.18 Å². The lowest BCUT2D eigenvalue weighted by Crippen LogP contribution is -2.45. The molecule has 3 aromatic carbocycles. The van der Waals surface area contributed by atoms with Gasteiger partial charge in [0.2, 0.25) is 5.91 Å². The summed E-state index contributed by atoms with van der Waals surface area (Å²) >= 11 is 0. The van der Waals surface area contributed by atoms with Crippen LogP contribution in [0.4, 0.5) is 14.9 Å². The number of benzene rings is 3. The van der Waals surface area contributed by atoms with Crippen molar-refractivity contribution in [2.75, 3.05) is 11.9 Å². The molecular formula is C26H20FN3O5. The molecule has 0 aromatic heterocycles. The van der Waals surface area contributed by atoms with Gasteiger partial charge in [-0.05, 0) is 40.5 Å². The van der Waals surface area contributed by atoms with Crippen LogP contribution in [0, 0.1) is 17.1 Å². The van der Waals surface area contributed by atoms with E-state index in [-0.39, 0.29) is 23.8 Å². The number of aliphatic carboxylic acids is 1. The largest absolute Gasteiger partial charge is 0.481 e. The number of fused-ring (bicyclic) bond motifs is 3. The summed E-state index contributed by atoms with van der Waals surface area (Å²) in [5.41, 5.74) is 3.95. The number of carboxylic acids is 1. The first-order valence-corrected chi connectivity index (χ1v) is 10.7. The molecule has 35 heavy (non-hydrogen) atoms. The molecule has 3 aromatic rings. The van der Waals surface area contributed by atoms with Gasteiger partial charge in [0.25, 0.3) is 0 Å². The summed E-state index contributed by atoms with van der Waals surface area (Å²) in [6, 6.07) is 19.0. The van der Waals surface area contributed by atoms with Crippen LogP contribution in [0.2, 0.25) is 0 Å². The standard InChI is InChI=1S/C26H20FN3O5/c27-16-9-10-22(15(11-16)13-28)29-25(33)23(12-24(31)32)30-26(34)35-14-21-19-7-3-1-5-17(19)18-6-2-4-8-20(18)21/h1-11,21,23H,12,14H2,(H,29,33)(H,30,34)(H,31,32). The summed E-state index contributed by atoms with van der Waals surface area (Å²) < 4.78 is 18.7. The van der Waals surface area contributed by atoms with E-state index in [0.717, 1.165) is 34.4 Å². The third-order valence-electron chi connectivity index (χ3n) is 5.69. The molecule has 1 aliphatic rings. The number of nitriles is 1. The maximum absolute atomic E-state index is 13.4. The molecule has 0 heterocycles.